The van der Waals surface area contributed by atoms with E-state index in [9.17, 15) is 15.0 Å². The second-order valence-corrected chi connectivity index (χ2v) is 4.16. The lowest BCUT2D eigenvalue weighted by molar-refractivity contribution is 0.104. The van der Waals surface area contributed by atoms with Crippen molar-refractivity contribution in [2.75, 3.05) is 7.11 Å². The highest BCUT2D eigenvalue weighted by Crippen LogP contribution is 2.38. The SMILES string of the molecule is COc1c(O)ccc(C(=O)/C=C/c2cnn(C)c2)c1O. The lowest BCUT2D eigenvalue weighted by Crippen LogP contribution is -1.97. The van der Waals surface area contributed by atoms with Gasteiger partial charge in [-0.3, -0.25) is 9.48 Å². The number of ketones is 1. The van der Waals surface area contributed by atoms with Crippen LogP contribution in [0.2, 0.25) is 0 Å². The minimum atomic E-state index is -0.398. The molecule has 0 bridgehead atoms. The lowest BCUT2D eigenvalue weighted by atomic mass is 10.1. The number of nitrogens with zero attached hydrogens (tertiary/aromatic N) is 2. The Bertz CT molecular complexity index is 674. The number of carbonyl (C=O) groups excluding carboxylic acids is 1. The van der Waals surface area contributed by atoms with Gasteiger partial charge in [0.25, 0.3) is 0 Å². The third kappa shape index (κ3) is 2.64. The van der Waals surface area contributed by atoms with E-state index in [1.54, 1.807) is 30.2 Å². The molecule has 0 atom stereocenters. The van der Waals surface area contributed by atoms with Gasteiger partial charge in [0.15, 0.2) is 17.3 Å². The van der Waals surface area contributed by atoms with Crippen LogP contribution in [0.5, 0.6) is 17.2 Å². The molecule has 0 unspecified atom stereocenters. The van der Waals surface area contributed by atoms with Gasteiger partial charge in [-0.25, -0.2) is 0 Å². The fraction of sp³-hybridized carbons (Fsp3) is 0.143. The summed E-state index contributed by atoms with van der Waals surface area (Å²) in [5.41, 5.74) is 0.825. The maximum Gasteiger partial charge on any atom is 0.203 e. The van der Waals surface area contributed by atoms with E-state index in [0.717, 1.165) is 5.56 Å². The van der Waals surface area contributed by atoms with Gasteiger partial charge < -0.3 is 14.9 Å². The number of aromatic nitrogens is 2. The topological polar surface area (TPSA) is 84.6 Å². The minimum absolute atomic E-state index is 0.0554. The molecule has 6 nitrogen and oxygen atoms in total. The third-order valence-electron chi connectivity index (χ3n) is 2.73. The smallest absolute Gasteiger partial charge is 0.203 e. The van der Waals surface area contributed by atoms with Crippen molar-refractivity contribution in [1.29, 1.82) is 0 Å². The Hall–Kier alpha value is -2.76. The first-order valence-electron chi connectivity index (χ1n) is 5.83. The summed E-state index contributed by atoms with van der Waals surface area (Å²) < 4.78 is 6.46. The number of rotatable bonds is 4. The molecule has 0 radical (unpaired) electrons. The Morgan fingerprint density at radius 1 is 1.40 bits per heavy atom. The van der Waals surface area contributed by atoms with Crippen LogP contribution in [-0.2, 0) is 7.05 Å². The van der Waals surface area contributed by atoms with Gasteiger partial charge in [0.05, 0.1) is 18.9 Å². The number of benzene rings is 1. The molecule has 2 rings (SSSR count). The summed E-state index contributed by atoms with van der Waals surface area (Å²) in [5, 5.41) is 23.3. The third-order valence-corrected chi connectivity index (χ3v) is 2.73. The van der Waals surface area contributed by atoms with Crippen molar-refractivity contribution >= 4 is 11.9 Å². The Labute approximate surface area is 115 Å². The molecule has 0 saturated heterocycles. The largest absolute Gasteiger partial charge is 0.504 e. The van der Waals surface area contributed by atoms with Crippen molar-refractivity contribution in [3.63, 3.8) is 0 Å². The normalized spacial score (nSPS) is 10.9. The van der Waals surface area contributed by atoms with Crippen LogP contribution in [0.25, 0.3) is 6.08 Å². The number of methoxy groups -OCH3 is 1. The predicted octanol–water partition coefficient (Wildman–Crippen LogP) is 1.74. The van der Waals surface area contributed by atoms with E-state index in [4.69, 9.17) is 4.74 Å². The Kier molecular flexibility index (Phi) is 3.74. The number of ether oxygens (including phenoxy) is 1. The highest BCUT2D eigenvalue weighted by atomic mass is 16.5. The molecular formula is C14H14N2O4. The molecule has 1 heterocycles. The van der Waals surface area contributed by atoms with Gasteiger partial charge in [-0.1, -0.05) is 0 Å². The molecule has 0 spiro atoms. The van der Waals surface area contributed by atoms with E-state index < -0.39 is 5.78 Å². The summed E-state index contributed by atoms with van der Waals surface area (Å²) in [5.74, 6) is -1.12. The molecule has 20 heavy (non-hydrogen) atoms. The summed E-state index contributed by atoms with van der Waals surface area (Å²) in [6.07, 6.45) is 6.28. The maximum absolute atomic E-state index is 12.0. The molecule has 0 saturated carbocycles. The van der Waals surface area contributed by atoms with Crippen LogP contribution >= 0.6 is 0 Å². The monoisotopic (exact) mass is 274 g/mol. The van der Waals surface area contributed by atoms with Crippen LogP contribution in [0.15, 0.2) is 30.6 Å². The molecule has 0 fully saturated rings. The van der Waals surface area contributed by atoms with Crippen molar-refractivity contribution in [3.05, 3.63) is 41.7 Å². The van der Waals surface area contributed by atoms with Crippen LogP contribution < -0.4 is 4.74 Å². The first-order valence-corrected chi connectivity index (χ1v) is 5.83. The molecule has 2 aromatic rings. The first kappa shape index (κ1) is 13.7. The Balaban J connectivity index is 2.28. The van der Waals surface area contributed by atoms with Crippen molar-refractivity contribution < 1.29 is 19.7 Å². The standard InChI is InChI=1S/C14H14N2O4/c1-16-8-9(7-15-16)3-5-11(17)10-4-6-12(18)14(20-2)13(10)19/h3-8,18-19H,1-2H3/b5-3+. The number of carbonyl (C=O) groups is 1. The van der Waals surface area contributed by atoms with Crippen LogP contribution in [0.3, 0.4) is 0 Å². The van der Waals surface area contributed by atoms with Gasteiger partial charge in [0, 0.05) is 18.8 Å². The van der Waals surface area contributed by atoms with Crippen molar-refractivity contribution in [3.8, 4) is 17.2 Å². The van der Waals surface area contributed by atoms with E-state index >= 15 is 0 Å². The summed E-state index contributed by atoms with van der Waals surface area (Å²) in [7, 11) is 3.07. The van der Waals surface area contributed by atoms with Gasteiger partial charge in [0.1, 0.15) is 0 Å². The van der Waals surface area contributed by atoms with E-state index in [-0.39, 0.29) is 22.8 Å². The van der Waals surface area contributed by atoms with Crippen molar-refractivity contribution in [1.82, 2.24) is 9.78 Å². The molecule has 104 valence electrons. The molecular weight excluding hydrogens is 260 g/mol. The molecule has 0 aliphatic carbocycles. The van der Waals surface area contributed by atoms with Crippen LogP contribution in [-0.4, -0.2) is 32.9 Å². The van der Waals surface area contributed by atoms with E-state index in [0.29, 0.717) is 0 Å². The van der Waals surface area contributed by atoms with E-state index in [1.807, 2.05) is 0 Å². The van der Waals surface area contributed by atoms with Crippen molar-refractivity contribution in [2.45, 2.75) is 0 Å². The molecule has 6 heteroatoms. The van der Waals surface area contributed by atoms with Gasteiger partial charge in [-0.15, -0.1) is 0 Å². The molecule has 1 aromatic carbocycles. The van der Waals surface area contributed by atoms with Crippen LogP contribution in [0, 0.1) is 0 Å². The fourth-order valence-electron chi connectivity index (χ4n) is 1.75. The quantitative estimate of drug-likeness (QED) is 0.655. The van der Waals surface area contributed by atoms with Crippen molar-refractivity contribution in [2.24, 2.45) is 7.05 Å². The Morgan fingerprint density at radius 3 is 2.75 bits per heavy atom. The molecule has 2 N–H and O–H groups in total. The van der Waals surface area contributed by atoms with E-state index in [1.165, 1.54) is 25.3 Å². The zero-order valence-electron chi connectivity index (χ0n) is 11.1. The second kappa shape index (κ2) is 5.48. The highest BCUT2D eigenvalue weighted by Gasteiger charge is 2.16. The molecule has 0 aliphatic rings. The summed E-state index contributed by atoms with van der Waals surface area (Å²) in [4.78, 5) is 12.0. The first-order chi connectivity index (χ1) is 9.52. The number of allylic oxidation sites excluding steroid dienone is 1. The zero-order valence-corrected chi connectivity index (χ0v) is 11.1. The van der Waals surface area contributed by atoms with Gasteiger partial charge in [0.2, 0.25) is 5.75 Å². The summed E-state index contributed by atoms with van der Waals surface area (Å²) >= 11 is 0. The van der Waals surface area contributed by atoms with Crippen LogP contribution in [0.4, 0.5) is 0 Å². The van der Waals surface area contributed by atoms with Gasteiger partial charge >= 0.3 is 0 Å². The van der Waals surface area contributed by atoms with Gasteiger partial charge in [-0.2, -0.15) is 5.10 Å². The number of hydrogen-bond acceptors (Lipinski definition) is 5. The maximum atomic E-state index is 12.0. The Morgan fingerprint density at radius 2 is 2.15 bits per heavy atom. The fourth-order valence-corrected chi connectivity index (χ4v) is 1.75. The lowest BCUT2D eigenvalue weighted by Gasteiger charge is -2.08. The van der Waals surface area contributed by atoms with Gasteiger partial charge in [-0.05, 0) is 24.3 Å². The molecule has 1 aromatic heterocycles. The average Bonchev–Trinajstić information content (AvgIpc) is 2.82. The van der Waals surface area contributed by atoms with Crippen LogP contribution in [0.1, 0.15) is 15.9 Å². The molecule has 0 aliphatic heterocycles. The number of hydrogen-bond donors (Lipinski definition) is 2. The minimum Gasteiger partial charge on any atom is -0.504 e. The second-order valence-electron chi connectivity index (χ2n) is 4.16. The number of aromatic hydroxyl groups is 2. The summed E-state index contributed by atoms with van der Waals surface area (Å²) in [6, 6.07) is 2.63. The number of phenols is 2. The predicted molar refractivity (Wildman–Crippen MR) is 72.9 cm³/mol. The molecule has 0 amide bonds. The highest BCUT2D eigenvalue weighted by molar-refractivity contribution is 6.09. The summed E-state index contributed by atoms with van der Waals surface area (Å²) in [6.45, 7) is 0. The number of phenolic OH excluding ortho intramolecular Hbond substituents is 2. The zero-order chi connectivity index (χ0) is 14.7. The average molecular weight is 274 g/mol. The number of aryl methyl sites for hydroxylation is 1. The van der Waals surface area contributed by atoms with E-state index in [2.05, 4.69) is 5.10 Å².